The Hall–Kier alpha value is -3.39. The standard InChI is InChI=1S/C23H24N6O2/c1-15-25-11-17(12-26-15)16-4-5-18-19(10-16)29(22(30)23(18,2)3)21-14-24-13-20(27-21)28-6-8-31-9-7-28/h4-5,10-14H,6-9H2,1-3H3. The van der Waals surface area contributed by atoms with Crippen LogP contribution in [-0.4, -0.2) is 52.1 Å². The van der Waals surface area contributed by atoms with Crippen LogP contribution in [0.15, 0.2) is 43.0 Å². The third-order valence-electron chi connectivity index (χ3n) is 5.94. The summed E-state index contributed by atoms with van der Waals surface area (Å²) in [5.74, 6) is 1.98. The van der Waals surface area contributed by atoms with E-state index in [2.05, 4.69) is 19.9 Å². The van der Waals surface area contributed by atoms with Crippen LogP contribution < -0.4 is 9.80 Å². The lowest BCUT2D eigenvalue weighted by Gasteiger charge is -2.28. The van der Waals surface area contributed by atoms with Crippen molar-refractivity contribution in [3.05, 3.63) is 54.4 Å². The van der Waals surface area contributed by atoms with Gasteiger partial charge in [-0.1, -0.05) is 12.1 Å². The fourth-order valence-corrected chi connectivity index (χ4v) is 4.10. The van der Waals surface area contributed by atoms with Gasteiger partial charge in [0.15, 0.2) is 5.82 Å². The second-order valence-corrected chi connectivity index (χ2v) is 8.35. The molecule has 2 aliphatic heterocycles. The van der Waals surface area contributed by atoms with E-state index in [1.165, 1.54) is 0 Å². The van der Waals surface area contributed by atoms with Gasteiger partial charge in [0.25, 0.3) is 0 Å². The number of benzene rings is 1. The first-order valence-corrected chi connectivity index (χ1v) is 10.4. The van der Waals surface area contributed by atoms with Crippen molar-refractivity contribution in [2.45, 2.75) is 26.2 Å². The average molecular weight is 416 g/mol. The molecule has 0 radical (unpaired) electrons. The van der Waals surface area contributed by atoms with E-state index >= 15 is 0 Å². The number of nitrogens with zero attached hydrogens (tertiary/aromatic N) is 6. The topological polar surface area (TPSA) is 84.3 Å². The largest absolute Gasteiger partial charge is 0.378 e. The molecule has 1 fully saturated rings. The van der Waals surface area contributed by atoms with Gasteiger partial charge in [-0.05, 0) is 38.0 Å². The zero-order valence-corrected chi connectivity index (χ0v) is 17.9. The van der Waals surface area contributed by atoms with Crippen molar-refractivity contribution in [3.8, 4) is 11.1 Å². The Bertz CT molecular complexity index is 1140. The predicted octanol–water partition coefficient (Wildman–Crippen LogP) is 3.03. The Morgan fingerprint density at radius 1 is 0.968 bits per heavy atom. The summed E-state index contributed by atoms with van der Waals surface area (Å²) in [5, 5.41) is 0. The van der Waals surface area contributed by atoms with Crippen molar-refractivity contribution in [1.82, 2.24) is 19.9 Å². The number of ether oxygens (including phenoxy) is 1. The SMILES string of the molecule is Cc1ncc(-c2ccc3c(c2)N(c2cncc(N4CCOCC4)n2)C(=O)C3(C)C)cn1. The van der Waals surface area contributed by atoms with Gasteiger partial charge >= 0.3 is 0 Å². The lowest BCUT2D eigenvalue weighted by molar-refractivity contribution is -0.121. The Morgan fingerprint density at radius 3 is 2.42 bits per heavy atom. The highest BCUT2D eigenvalue weighted by atomic mass is 16.5. The smallest absolute Gasteiger partial charge is 0.242 e. The maximum absolute atomic E-state index is 13.5. The van der Waals surface area contributed by atoms with Gasteiger partial charge in [0.2, 0.25) is 5.91 Å². The Balaban J connectivity index is 1.58. The van der Waals surface area contributed by atoms with Crippen LogP contribution >= 0.6 is 0 Å². The van der Waals surface area contributed by atoms with Crippen molar-refractivity contribution < 1.29 is 9.53 Å². The highest BCUT2D eigenvalue weighted by Gasteiger charge is 2.45. The minimum absolute atomic E-state index is 0.0202. The maximum Gasteiger partial charge on any atom is 0.242 e. The van der Waals surface area contributed by atoms with Crippen LogP contribution in [0.3, 0.4) is 0 Å². The maximum atomic E-state index is 13.5. The minimum atomic E-state index is -0.658. The summed E-state index contributed by atoms with van der Waals surface area (Å²) >= 11 is 0. The van der Waals surface area contributed by atoms with Gasteiger partial charge in [-0.25, -0.2) is 15.0 Å². The zero-order chi connectivity index (χ0) is 21.6. The second kappa shape index (κ2) is 7.39. The quantitative estimate of drug-likeness (QED) is 0.649. The molecule has 8 heteroatoms. The first kappa shape index (κ1) is 19.6. The number of morpholine rings is 1. The number of amides is 1. The first-order valence-electron chi connectivity index (χ1n) is 10.4. The average Bonchev–Trinajstić information content (AvgIpc) is 3.00. The van der Waals surface area contributed by atoms with Crippen LogP contribution in [0.5, 0.6) is 0 Å². The number of hydrogen-bond donors (Lipinski definition) is 0. The molecule has 0 aliphatic carbocycles. The molecule has 4 heterocycles. The van der Waals surface area contributed by atoms with E-state index in [1.807, 2.05) is 39.0 Å². The van der Waals surface area contributed by atoms with Gasteiger partial charge in [0.05, 0.1) is 36.7 Å². The molecule has 0 unspecified atom stereocenters. The Morgan fingerprint density at radius 2 is 1.68 bits per heavy atom. The molecule has 1 amide bonds. The molecule has 3 aromatic rings. The molecule has 5 rings (SSSR count). The first-order chi connectivity index (χ1) is 14.9. The van der Waals surface area contributed by atoms with E-state index in [1.54, 1.807) is 29.7 Å². The van der Waals surface area contributed by atoms with Gasteiger partial charge in [0.1, 0.15) is 11.6 Å². The number of rotatable bonds is 3. The van der Waals surface area contributed by atoms with E-state index in [0.29, 0.717) is 19.0 Å². The van der Waals surface area contributed by atoms with Gasteiger partial charge in [0, 0.05) is 31.0 Å². The van der Waals surface area contributed by atoms with Crippen LogP contribution in [0.1, 0.15) is 25.2 Å². The monoisotopic (exact) mass is 416 g/mol. The minimum Gasteiger partial charge on any atom is -0.378 e. The van der Waals surface area contributed by atoms with E-state index in [9.17, 15) is 4.79 Å². The molecule has 0 atom stereocenters. The molecule has 31 heavy (non-hydrogen) atoms. The molecular weight excluding hydrogens is 392 g/mol. The second-order valence-electron chi connectivity index (χ2n) is 8.35. The van der Waals surface area contributed by atoms with E-state index in [4.69, 9.17) is 9.72 Å². The normalized spacial score (nSPS) is 17.7. The molecule has 1 aromatic carbocycles. The summed E-state index contributed by atoms with van der Waals surface area (Å²) in [6, 6.07) is 6.04. The zero-order valence-electron chi connectivity index (χ0n) is 17.9. The van der Waals surface area contributed by atoms with Crippen LogP contribution in [0.4, 0.5) is 17.3 Å². The molecule has 0 saturated carbocycles. The van der Waals surface area contributed by atoms with Crippen LogP contribution in [-0.2, 0) is 14.9 Å². The fraction of sp³-hybridized carbons (Fsp3) is 0.348. The molecule has 8 nitrogen and oxygen atoms in total. The number of aromatic nitrogens is 4. The van der Waals surface area contributed by atoms with Gasteiger partial charge in [-0.3, -0.25) is 14.7 Å². The molecule has 158 valence electrons. The molecule has 0 N–H and O–H groups in total. The van der Waals surface area contributed by atoms with Crippen molar-refractivity contribution in [2.24, 2.45) is 0 Å². The summed E-state index contributed by atoms with van der Waals surface area (Å²) in [6.07, 6.45) is 6.99. The molecule has 1 saturated heterocycles. The number of carbonyl (C=O) groups excluding carboxylic acids is 1. The lowest BCUT2D eigenvalue weighted by Crippen LogP contribution is -2.37. The fourth-order valence-electron chi connectivity index (χ4n) is 4.10. The number of carbonyl (C=O) groups is 1. The molecule has 0 bridgehead atoms. The highest BCUT2D eigenvalue weighted by molar-refractivity contribution is 6.12. The van der Waals surface area contributed by atoms with Crippen molar-refractivity contribution in [1.29, 1.82) is 0 Å². The van der Waals surface area contributed by atoms with Crippen molar-refractivity contribution in [2.75, 3.05) is 36.1 Å². The summed E-state index contributed by atoms with van der Waals surface area (Å²) in [6.45, 7) is 8.58. The summed E-state index contributed by atoms with van der Waals surface area (Å²) in [5.41, 5.74) is 2.98. The number of aryl methyl sites for hydroxylation is 1. The van der Waals surface area contributed by atoms with Crippen LogP contribution in [0, 0.1) is 6.92 Å². The van der Waals surface area contributed by atoms with Gasteiger partial charge < -0.3 is 9.64 Å². The van der Waals surface area contributed by atoms with Gasteiger partial charge in [-0.15, -0.1) is 0 Å². The van der Waals surface area contributed by atoms with Gasteiger partial charge in [-0.2, -0.15) is 0 Å². The number of fused-ring (bicyclic) bond motifs is 1. The molecular formula is C23H24N6O2. The highest BCUT2D eigenvalue weighted by Crippen LogP contribution is 2.46. The lowest BCUT2D eigenvalue weighted by atomic mass is 9.85. The Kier molecular flexibility index (Phi) is 4.66. The number of hydrogen-bond acceptors (Lipinski definition) is 7. The van der Waals surface area contributed by atoms with Crippen LogP contribution in [0.25, 0.3) is 11.1 Å². The molecule has 2 aromatic heterocycles. The Labute approximate surface area is 180 Å². The molecule has 0 spiro atoms. The van der Waals surface area contributed by atoms with E-state index < -0.39 is 5.41 Å². The third kappa shape index (κ3) is 3.33. The van der Waals surface area contributed by atoms with Crippen molar-refractivity contribution >= 4 is 23.2 Å². The summed E-state index contributed by atoms with van der Waals surface area (Å²) in [4.78, 5) is 35.1. The summed E-state index contributed by atoms with van der Waals surface area (Å²) in [7, 11) is 0. The molecule has 2 aliphatic rings. The third-order valence-corrected chi connectivity index (χ3v) is 5.94. The number of anilines is 3. The summed E-state index contributed by atoms with van der Waals surface area (Å²) < 4.78 is 5.44. The van der Waals surface area contributed by atoms with Crippen LogP contribution in [0.2, 0.25) is 0 Å². The van der Waals surface area contributed by atoms with E-state index in [-0.39, 0.29) is 5.91 Å². The van der Waals surface area contributed by atoms with E-state index in [0.717, 1.165) is 47.1 Å². The predicted molar refractivity (Wildman–Crippen MR) is 117 cm³/mol. The van der Waals surface area contributed by atoms with Crippen molar-refractivity contribution in [3.63, 3.8) is 0 Å².